The lowest BCUT2D eigenvalue weighted by Crippen LogP contribution is -2.05. The lowest BCUT2D eigenvalue weighted by molar-refractivity contribution is -0.136. The van der Waals surface area contributed by atoms with E-state index in [1.54, 1.807) is 47.0 Å². The van der Waals surface area contributed by atoms with Gasteiger partial charge in [-0.25, -0.2) is 13.4 Å². The Hall–Kier alpha value is -3.33. The number of aryl methyl sites for hydroxylation is 1. The summed E-state index contributed by atoms with van der Waals surface area (Å²) in [4.78, 5) is 4.39. The average Bonchev–Trinajstić information content (AvgIpc) is 3.11. The molecule has 5 nitrogen and oxygen atoms in total. The van der Waals surface area contributed by atoms with Crippen LogP contribution in [0.2, 0.25) is 0 Å². The van der Waals surface area contributed by atoms with Crippen LogP contribution in [0, 0.1) is 0 Å². The molecule has 0 amide bonds. The fourth-order valence-corrected chi connectivity index (χ4v) is 4.15. The van der Waals surface area contributed by atoms with Crippen molar-refractivity contribution in [3.63, 3.8) is 0 Å². The summed E-state index contributed by atoms with van der Waals surface area (Å²) in [7, 11) is -3.40. The minimum absolute atomic E-state index is 0.107. The van der Waals surface area contributed by atoms with Crippen molar-refractivity contribution in [1.29, 1.82) is 0 Å². The first-order valence-corrected chi connectivity index (χ1v) is 11.6. The Morgan fingerprint density at radius 1 is 0.969 bits per heavy atom. The third-order valence-corrected chi connectivity index (χ3v) is 6.03. The molecule has 0 saturated heterocycles. The van der Waals surface area contributed by atoms with Crippen LogP contribution in [0.3, 0.4) is 0 Å². The molecule has 0 unspecified atom stereocenters. The van der Waals surface area contributed by atoms with E-state index in [-0.39, 0.29) is 10.4 Å². The van der Waals surface area contributed by atoms with E-state index in [0.717, 1.165) is 12.3 Å². The maximum absolute atomic E-state index is 13.5. The van der Waals surface area contributed by atoms with Crippen LogP contribution in [0.5, 0.6) is 11.5 Å². The van der Waals surface area contributed by atoms with Crippen LogP contribution >= 0.6 is 0 Å². The predicted octanol–water partition coefficient (Wildman–Crippen LogP) is 5.80. The summed E-state index contributed by atoms with van der Waals surface area (Å²) in [5, 5.41) is 0. The maximum atomic E-state index is 13.5. The number of alkyl halides is 3. The van der Waals surface area contributed by atoms with Gasteiger partial charge in [0.1, 0.15) is 22.8 Å². The Kier molecular flexibility index (Phi) is 5.46. The second-order valence-corrected chi connectivity index (χ2v) is 9.25. The molecule has 0 saturated carbocycles. The molecule has 1 heterocycles. The van der Waals surface area contributed by atoms with Gasteiger partial charge in [0.15, 0.2) is 9.84 Å². The van der Waals surface area contributed by atoms with Crippen molar-refractivity contribution in [3.8, 4) is 17.2 Å². The van der Waals surface area contributed by atoms with Crippen LogP contribution in [-0.4, -0.2) is 24.2 Å². The summed E-state index contributed by atoms with van der Waals surface area (Å²) in [6, 6.07) is 16.9. The van der Waals surface area contributed by atoms with Crippen LogP contribution in [0.25, 0.3) is 16.7 Å². The van der Waals surface area contributed by atoms with Gasteiger partial charge in [0.05, 0.1) is 21.7 Å². The fraction of sp³-hybridized carbons (Fsp3) is 0.174. The van der Waals surface area contributed by atoms with Gasteiger partial charge in [0.25, 0.3) is 0 Å². The number of para-hydroxylation sites is 1. The molecular weight excluding hydrogens is 441 g/mol. The van der Waals surface area contributed by atoms with E-state index in [2.05, 4.69) is 4.98 Å². The zero-order valence-corrected chi connectivity index (χ0v) is 18.0. The molecule has 0 aliphatic carbocycles. The van der Waals surface area contributed by atoms with Crippen LogP contribution in [0.15, 0.2) is 71.6 Å². The number of aromatic nitrogens is 2. The van der Waals surface area contributed by atoms with Crippen molar-refractivity contribution in [1.82, 2.24) is 9.55 Å². The summed E-state index contributed by atoms with van der Waals surface area (Å²) in [6.45, 7) is 1.82. The van der Waals surface area contributed by atoms with Gasteiger partial charge in [0.2, 0.25) is 0 Å². The van der Waals surface area contributed by atoms with Crippen LogP contribution in [0.4, 0.5) is 13.2 Å². The number of benzene rings is 3. The fourth-order valence-electron chi connectivity index (χ4n) is 3.49. The number of fused-ring (bicyclic) bond motifs is 1. The highest BCUT2D eigenvalue weighted by molar-refractivity contribution is 7.90. The summed E-state index contributed by atoms with van der Waals surface area (Å²) < 4.78 is 71.5. The Bertz CT molecular complexity index is 1410. The highest BCUT2D eigenvalue weighted by Crippen LogP contribution is 2.36. The van der Waals surface area contributed by atoms with E-state index in [9.17, 15) is 21.6 Å². The summed E-state index contributed by atoms with van der Waals surface area (Å²) in [5.41, 5.74) is 0.0332. The Balaban J connectivity index is 1.79. The number of ether oxygens (including phenoxy) is 1. The van der Waals surface area contributed by atoms with E-state index in [1.807, 2.05) is 6.92 Å². The second kappa shape index (κ2) is 7.98. The van der Waals surface area contributed by atoms with Gasteiger partial charge in [-0.2, -0.15) is 13.2 Å². The Labute approximate surface area is 183 Å². The van der Waals surface area contributed by atoms with Gasteiger partial charge < -0.3 is 4.74 Å². The molecule has 0 fully saturated rings. The maximum Gasteiger partial charge on any atom is 0.418 e. The largest absolute Gasteiger partial charge is 0.457 e. The molecule has 1 aromatic heterocycles. The van der Waals surface area contributed by atoms with Gasteiger partial charge in [0, 0.05) is 18.7 Å². The minimum Gasteiger partial charge on any atom is -0.457 e. The van der Waals surface area contributed by atoms with Crippen molar-refractivity contribution < 1.29 is 26.3 Å². The molecule has 0 N–H and O–H groups in total. The van der Waals surface area contributed by atoms with Crippen molar-refractivity contribution in [3.05, 3.63) is 78.1 Å². The first kappa shape index (κ1) is 21.9. The van der Waals surface area contributed by atoms with Crippen LogP contribution in [-0.2, 0) is 22.4 Å². The summed E-state index contributed by atoms with van der Waals surface area (Å²) in [6.07, 6.45) is -2.98. The molecule has 9 heteroatoms. The lowest BCUT2D eigenvalue weighted by Gasteiger charge is -2.12. The molecule has 4 aromatic rings. The molecule has 0 spiro atoms. The monoisotopic (exact) mass is 460 g/mol. The van der Waals surface area contributed by atoms with Crippen LogP contribution < -0.4 is 4.74 Å². The zero-order chi connectivity index (χ0) is 23.1. The molecule has 0 aliphatic heterocycles. The van der Waals surface area contributed by atoms with Crippen molar-refractivity contribution in [2.24, 2.45) is 0 Å². The molecule has 166 valence electrons. The number of nitrogens with zero attached hydrogens (tertiary/aromatic N) is 2. The number of rotatable bonds is 5. The van der Waals surface area contributed by atoms with E-state index >= 15 is 0 Å². The Morgan fingerprint density at radius 2 is 1.62 bits per heavy atom. The molecule has 3 aromatic carbocycles. The van der Waals surface area contributed by atoms with E-state index in [0.29, 0.717) is 34.9 Å². The third kappa shape index (κ3) is 4.20. The van der Waals surface area contributed by atoms with Crippen LogP contribution in [0.1, 0.15) is 18.3 Å². The number of hydrogen-bond donors (Lipinski definition) is 0. The quantitative estimate of drug-likeness (QED) is 0.378. The SMILES string of the molecule is CCc1nc2c(C(F)(F)F)cccc2n1-c1cccc(Oc2cccc(S(C)(=O)=O)c2)c1. The van der Waals surface area contributed by atoms with Gasteiger partial charge in [-0.15, -0.1) is 0 Å². The number of imidazole rings is 1. The van der Waals surface area contributed by atoms with Gasteiger partial charge in [-0.05, 0) is 42.5 Å². The van der Waals surface area contributed by atoms with E-state index < -0.39 is 21.6 Å². The first-order chi connectivity index (χ1) is 15.1. The summed E-state index contributed by atoms with van der Waals surface area (Å²) >= 11 is 0. The van der Waals surface area contributed by atoms with Crippen molar-refractivity contribution in [2.45, 2.75) is 24.4 Å². The first-order valence-electron chi connectivity index (χ1n) is 9.74. The predicted molar refractivity (Wildman–Crippen MR) is 115 cm³/mol. The number of halogens is 3. The molecular formula is C23H19F3N2O3S. The van der Waals surface area contributed by atoms with Gasteiger partial charge in [-0.1, -0.05) is 25.1 Å². The number of sulfone groups is 1. The zero-order valence-electron chi connectivity index (χ0n) is 17.2. The molecule has 4 rings (SSSR count). The third-order valence-electron chi connectivity index (χ3n) is 4.92. The molecule has 0 bridgehead atoms. The van der Waals surface area contributed by atoms with Crippen molar-refractivity contribution >= 4 is 20.9 Å². The van der Waals surface area contributed by atoms with E-state index in [1.165, 1.54) is 18.2 Å². The lowest BCUT2D eigenvalue weighted by atomic mass is 10.1. The van der Waals surface area contributed by atoms with Gasteiger partial charge in [-0.3, -0.25) is 4.57 Å². The Morgan fingerprint density at radius 3 is 2.28 bits per heavy atom. The smallest absolute Gasteiger partial charge is 0.418 e. The molecule has 0 radical (unpaired) electrons. The highest BCUT2D eigenvalue weighted by Gasteiger charge is 2.34. The molecule has 32 heavy (non-hydrogen) atoms. The minimum atomic E-state index is -4.51. The van der Waals surface area contributed by atoms with E-state index in [4.69, 9.17) is 4.74 Å². The summed E-state index contributed by atoms with van der Waals surface area (Å²) in [5.74, 6) is 1.22. The van der Waals surface area contributed by atoms with Gasteiger partial charge >= 0.3 is 6.18 Å². The highest BCUT2D eigenvalue weighted by atomic mass is 32.2. The normalized spacial score (nSPS) is 12.3. The molecule has 0 atom stereocenters. The van der Waals surface area contributed by atoms with Crippen molar-refractivity contribution in [2.75, 3.05) is 6.26 Å². The molecule has 0 aliphatic rings. The standard InChI is InChI=1S/C23H19F3N2O3S/c1-3-21-27-22-19(23(24,25)26)11-6-12-20(22)28(21)15-7-4-8-16(13-15)31-17-9-5-10-18(14-17)32(2,29)30/h4-14H,3H2,1-2H3. The topological polar surface area (TPSA) is 61.2 Å². The second-order valence-electron chi connectivity index (χ2n) is 7.23. The average molecular weight is 460 g/mol. The number of hydrogen-bond acceptors (Lipinski definition) is 4.